The summed E-state index contributed by atoms with van der Waals surface area (Å²) < 4.78 is 0. The zero-order chi connectivity index (χ0) is 10.5. The molecule has 0 atom stereocenters. The highest BCUT2D eigenvalue weighted by molar-refractivity contribution is 5.38. The number of hydrogen-bond acceptors (Lipinski definition) is 2. The summed E-state index contributed by atoms with van der Waals surface area (Å²) in [6.07, 6.45) is 2.63. The maximum Gasteiger partial charge on any atom is 0.0375 e. The largest absolute Gasteiger partial charge is 0.299 e. The monoisotopic (exact) mass is 202 g/mol. The van der Waals surface area contributed by atoms with Crippen LogP contribution in [-0.4, -0.2) is 18.0 Å². The Balaban J connectivity index is 1.99. The molecule has 4 nitrogen and oxygen atoms in total. The quantitative estimate of drug-likeness (QED) is 0.421. The van der Waals surface area contributed by atoms with E-state index in [2.05, 4.69) is 14.9 Å². The molecule has 78 valence electrons. The van der Waals surface area contributed by atoms with Crippen molar-refractivity contribution < 1.29 is 0 Å². The highest BCUT2D eigenvalue weighted by atomic mass is 15.1. The molecule has 1 aromatic carbocycles. The molecular weight excluding hydrogens is 188 g/mol. The zero-order valence-corrected chi connectivity index (χ0v) is 8.63. The van der Waals surface area contributed by atoms with E-state index in [-0.39, 0.29) is 0 Å². The second kappa shape index (κ2) is 4.82. The lowest BCUT2D eigenvalue weighted by Gasteiger charge is -2.14. The molecule has 0 radical (unpaired) electrons. The van der Waals surface area contributed by atoms with Crippen LogP contribution in [0.25, 0.3) is 10.4 Å². The number of nitrogens with zero attached hydrogens (tertiary/aromatic N) is 4. The molecule has 2 rings (SSSR count). The van der Waals surface area contributed by atoms with Crippen LogP contribution in [0.5, 0.6) is 0 Å². The Bertz CT molecular complexity index is 359. The molecule has 0 aliphatic carbocycles. The summed E-state index contributed by atoms with van der Waals surface area (Å²) in [6, 6.07) is 7.79. The van der Waals surface area contributed by atoms with Crippen LogP contribution in [0, 0.1) is 0 Å². The van der Waals surface area contributed by atoms with Crippen LogP contribution >= 0.6 is 0 Å². The van der Waals surface area contributed by atoms with E-state index in [1.54, 1.807) is 0 Å². The molecule has 0 unspecified atom stereocenters. The highest BCUT2D eigenvalue weighted by Crippen LogP contribution is 2.16. The predicted octanol–water partition coefficient (Wildman–Crippen LogP) is 3.22. The van der Waals surface area contributed by atoms with E-state index in [0.717, 1.165) is 6.54 Å². The number of rotatable bonds is 3. The van der Waals surface area contributed by atoms with Gasteiger partial charge in [-0.1, -0.05) is 29.4 Å². The van der Waals surface area contributed by atoms with Gasteiger partial charge in [0.25, 0.3) is 0 Å². The van der Waals surface area contributed by atoms with Crippen molar-refractivity contribution in [3.05, 3.63) is 40.3 Å². The van der Waals surface area contributed by atoms with E-state index in [9.17, 15) is 0 Å². The second-order valence-electron chi connectivity index (χ2n) is 3.84. The van der Waals surface area contributed by atoms with Crippen LogP contribution in [0.1, 0.15) is 18.4 Å². The van der Waals surface area contributed by atoms with Crippen LogP contribution in [0.15, 0.2) is 29.4 Å². The first-order valence-electron chi connectivity index (χ1n) is 5.25. The third-order valence-corrected chi connectivity index (χ3v) is 2.70. The van der Waals surface area contributed by atoms with Gasteiger partial charge in [-0.25, -0.2) is 0 Å². The van der Waals surface area contributed by atoms with Crippen LogP contribution in [0.4, 0.5) is 5.69 Å². The van der Waals surface area contributed by atoms with E-state index in [4.69, 9.17) is 5.53 Å². The van der Waals surface area contributed by atoms with Gasteiger partial charge in [-0.3, -0.25) is 4.90 Å². The van der Waals surface area contributed by atoms with Gasteiger partial charge >= 0.3 is 0 Å². The van der Waals surface area contributed by atoms with E-state index in [1.165, 1.54) is 31.5 Å². The first-order valence-corrected chi connectivity index (χ1v) is 5.25. The fourth-order valence-electron chi connectivity index (χ4n) is 1.92. The van der Waals surface area contributed by atoms with Gasteiger partial charge in [-0.15, -0.1) is 0 Å². The van der Waals surface area contributed by atoms with Crippen LogP contribution in [0.3, 0.4) is 0 Å². The van der Waals surface area contributed by atoms with Crippen LogP contribution in [-0.2, 0) is 6.54 Å². The SMILES string of the molecule is [N-]=[N+]=Nc1ccc(CN2CCCC2)cc1. The predicted molar refractivity (Wildman–Crippen MR) is 59.8 cm³/mol. The fourth-order valence-corrected chi connectivity index (χ4v) is 1.92. The van der Waals surface area contributed by atoms with E-state index < -0.39 is 0 Å². The number of likely N-dealkylation sites (tertiary alicyclic amines) is 1. The van der Waals surface area contributed by atoms with Gasteiger partial charge in [0, 0.05) is 17.1 Å². The van der Waals surface area contributed by atoms with Crippen molar-refractivity contribution in [3.8, 4) is 0 Å². The van der Waals surface area contributed by atoms with Crippen molar-refractivity contribution in [3.63, 3.8) is 0 Å². The molecule has 4 heteroatoms. The Morgan fingerprint density at radius 3 is 2.47 bits per heavy atom. The lowest BCUT2D eigenvalue weighted by Crippen LogP contribution is -2.18. The van der Waals surface area contributed by atoms with Gasteiger partial charge in [0.2, 0.25) is 0 Å². The van der Waals surface area contributed by atoms with Crippen molar-refractivity contribution in [1.29, 1.82) is 0 Å². The summed E-state index contributed by atoms with van der Waals surface area (Å²) in [5.41, 5.74) is 10.2. The van der Waals surface area contributed by atoms with Crippen molar-refractivity contribution in [2.24, 2.45) is 5.11 Å². The topological polar surface area (TPSA) is 52.0 Å². The third kappa shape index (κ3) is 2.72. The van der Waals surface area contributed by atoms with Crippen molar-refractivity contribution in [2.45, 2.75) is 19.4 Å². The first kappa shape index (κ1) is 10.0. The fraction of sp³-hybridized carbons (Fsp3) is 0.455. The first-order chi connectivity index (χ1) is 7.38. The molecule has 1 aromatic rings. The summed E-state index contributed by atoms with van der Waals surface area (Å²) in [5.74, 6) is 0. The number of hydrogen-bond donors (Lipinski definition) is 0. The average Bonchev–Trinajstić information content (AvgIpc) is 2.74. The minimum absolute atomic E-state index is 0.683. The maximum absolute atomic E-state index is 8.27. The zero-order valence-electron chi connectivity index (χ0n) is 8.63. The molecule has 0 aromatic heterocycles. The Kier molecular flexibility index (Phi) is 3.22. The van der Waals surface area contributed by atoms with Crippen molar-refractivity contribution >= 4 is 5.69 Å². The Morgan fingerprint density at radius 1 is 1.20 bits per heavy atom. The van der Waals surface area contributed by atoms with E-state index in [1.807, 2.05) is 24.3 Å². The minimum Gasteiger partial charge on any atom is -0.299 e. The Labute approximate surface area is 89.1 Å². The summed E-state index contributed by atoms with van der Waals surface area (Å²) in [4.78, 5) is 5.20. The maximum atomic E-state index is 8.27. The summed E-state index contributed by atoms with van der Waals surface area (Å²) in [7, 11) is 0. The molecule has 1 saturated heterocycles. The lowest BCUT2D eigenvalue weighted by molar-refractivity contribution is 0.331. The van der Waals surface area contributed by atoms with Gasteiger partial charge in [0.05, 0.1) is 0 Å². The second-order valence-corrected chi connectivity index (χ2v) is 3.84. The third-order valence-electron chi connectivity index (χ3n) is 2.70. The normalized spacial score (nSPS) is 16.3. The van der Waals surface area contributed by atoms with Crippen LogP contribution < -0.4 is 0 Å². The Morgan fingerprint density at radius 2 is 1.87 bits per heavy atom. The summed E-state index contributed by atoms with van der Waals surface area (Å²) >= 11 is 0. The average molecular weight is 202 g/mol. The van der Waals surface area contributed by atoms with Crippen molar-refractivity contribution in [2.75, 3.05) is 13.1 Å². The standard InChI is InChI=1S/C11H14N4/c12-14-13-11-5-3-10(4-6-11)9-15-7-1-2-8-15/h3-6H,1-2,7-9H2. The van der Waals surface area contributed by atoms with Gasteiger partial charge in [-0.05, 0) is 37.0 Å². The smallest absolute Gasteiger partial charge is 0.0375 e. The molecule has 1 aliphatic rings. The number of benzene rings is 1. The van der Waals surface area contributed by atoms with Crippen molar-refractivity contribution in [1.82, 2.24) is 4.90 Å². The molecule has 0 amide bonds. The summed E-state index contributed by atoms with van der Waals surface area (Å²) in [6.45, 7) is 3.42. The molecular formula is C11H14N4. The lowest BCUT2D eigenvalue weighted by atomic mass is 10.2. The summed E-state index contributed by atoms with van der Waals surface area (Å²) in [5, 5.41) is 3.55. The molecule has 0 N–H and O–H groups in total. The molecule has 0 saturated carbocycles. The van der Waals surface area contributed by atoms with E-state index in [0.29, 0.717) is 5.69 Å². The molecule has 1 fully saturated rings. The van der Waals surface area contributed by atoms with Crippen LogP contribution in [0.2, 0.25) is 0 Å². The Hall–Kier alpha value is -1.51. The molecule has 1 heterocycles. The van der Waals surface area contributed by atoms with Gasteiger partial charge < -0.3 is 0 Å². The molecule has 15 heavy (non-hydrogen) atoms. The minimum atomic E-state index is 0.683. The number of azide groups is 1. The highest BCUT2D eigenvalue weighted by Gasteiger charge is 2.11. The van der Waals surface area contributed by atoms with Gasteiger partial charge in [0.1, 0.15) is 0 Å². The van der Waals surface area contributed by atoms with E-state index >= 15 is 0 Å². The molecule has 0 spiro atoms. The molecule has 1 aliphatic heterocycles. The van der Waals surface area contributed by atoms with Gasteiger partial charge in [0.15, 0.2) is 0 Å². The molecule has 0 bridgehead atoms. The van der Waals surface area contributed by atoms with Gasteiger partial charge in [-0.2, -0.15) is 0 Å².